The number of aryl methyl sites for hydroxylation is 1. The van der Waals surface area contributed by atoms with Crippen LogP contribution in [0.4, 0.5) is 0 Å². The molecule has 0 atom stereocenters. The Balaban J connectivity index is 1.66. The first-order valence-corrected chi connectivity index (χ1v) is 8.68. The molecule has 0 saturated heterocycles. The molecule has 0 unspecified atom stereocenters. The van der Waals surface area contributed by atoms with Gasteiger partial charge in [0, 0.05) is 7.05 Å². The van der Waals surface area contributed by atoms with E-state index in [1.807, 2.05) is 54.9 Å². The second-order valence-corrected chi connectivity index (χ2v) is 6.02. The highest BCUT2D eigenvalue weighted by Gasteiger charge is 2.07. The SMILES string of the molecule is COc1ccc(CN=C(NCc2ccco2)NCc2nnc(C)n2C)cc1. The van der Waals surface area contributed by atoms with Crippen molar-refractivity contribution in [2.45, 2.75) is 26.6 Å². The number of guanidine groups is 1. The molecule has 27 heavy (non-hydrogen) atoms. The Morgan fingerprint density at radius 3 is 2.56 bits per heavy atom. The molecule has 0 fully saturated rings. The normalized spacial score (nSPS) is 11.4. The van der Waals surface area contributed by atoms with Crippen LogP contribution in [0.1, 0.15) is 23.0 Å². The highest BCUT2D eigenvalue weighted by atomic mass is 16.5. The maximum Gasteiger partial charge on any atom is 0.192 e. The van der Waals surface area contributed by atoms with Crippen molar-refractivity contribution >= 4 is 5.96 Å². The predicted molar refractivity (Wildman–Crippen MR) is 102 cm³/mol. The third-order valence-corrected chi connectivity index (χ3v) is 4.19. The van der Waals surface area contributed by atoms with Gasteiger partial charge in [-0.05, 0) is 36.8 Å². The Kier molecular flexibility index (Phi) is 6.09. The molecule has 0 radical (unpaired) electrons. The fraction of sp³-hybridized carbons (Fsp3) is 0.316. The molecule has 3 rings (SSSR count). The van der Waals surface area contributed by atoms with Gasteiger partial charge in [0.1, 0.15) is 17.3 Å². The van der Waals surface area contributed by atoms with Gasteiger partial charge in [-0.3, -0.25) is 0 Å². The van der Waals surface area contributed by atoms with Crippen LogP contribution in [0.15, 0.2) is 52.1 Å². The molecule has 0 spiro atoms. The van der Waals surface area contributed by atoms with Gasteiger partial charge in [0.15, 0.2) is 11.8 Å². The Bertz CT molecular complexity index is 868. The highest BCUT2D eigenvalue weighted by molar-refractivity contribution is 5.79. The van der Waals surface area contributed by atoms with Crippen LogP contribution in [-0.4, -0.2) is 27.8 Å². The summed E-state index contributed by atoms with van der Waals surface area (Å²) in [6.45, 7) is 3.52. The van der Waals surface area contributed by atoms with Crippen molar-refractivity contribution in [3.63, 3.8) is 0 Å². The molecule has 3 aromatic rings. The average Bonchev–Trinajstić information content (AvgIpc) is 3.33. The van der Waals surface area contributed by atoms with Crippen molar-refractivity contribution in [3.05, 3.63) is 65.6 Å². The molecule has 8 nitrogen and oxygen atoms in total. The molecule has 2 N–H and O–H groups in total. The summed E-state index contributed by atoms with van der Waals surface area (Å²) in [6, 6.07) is 11.6. The first-order chi connectivity index (χ1) is 13.2. The molecule has 0 saturated carbocycles. The molecule has 1 aromatic carbocycles. The number of hydrogen-bond acceptors (Lipinski definition) is 5. The Labute approximate surface area is 158 Å². The molecule has 142 valence electrons. The molecule has 0 amide bonds. The fourth-order valence-corrected chi connectivity index (χ4v) is 2.43. The average molecular weight is 368 g/mol. The summed E-state index contributed by atoms with van der Waals surface area (Å²) in [7, 11) is 3.60. The number of aromatic nitrogens is 3. The summed E-state index contributed by atoms with van der Waals surface area (Å²) < 4.78 is 12.5. The van der Waals surface area contributed by atoms with Crippen LogP contribution in [-0.2, 0) is 26.7 Å². The first kappa shape index (κ1) is 18.5. The lowest BCUT2D eigenvalue weighted by atomic mass is 10.2. The van der Waals surface area contributed by atoms with Crippen molar-refractivity contribution in [3.8, 4) is 5.75 Å². The predicted octanol–water partition coefficient (Wildman–Crippen LogP) is 2.16. The van der Waals surface area contributed by atoms with Crippen LogP contribution < -0.4 is 15.4 Å². The molecule has 0 aliphatic rings. The van der Waals surface area contributed by atoms with Crippen LogP contribution in [0, 0.1) is 6.92 Å². The molecule has 8 heteroatoms. The number of methoxy groups -OCH3 is 1. The van der Waals surface area contributed by atoms with E-state index in [1.165, 1.54) is 0 Å². The highest BCUT2D eigenvalue weighted by Crippen LogP contribution is 2.12. The standard InChI is InChI=1S/C19H24N6O2/c1-14-23-24-18(25(14)2)13-22-19(21-12-17-5-4-10-27-17)20-11-15-6-8-16(26-3)9-7-15/h4-10H,11-13H2,1-3H3,(H2,20,21,22). The van der Waals surface area contributed by atoms with Gasteiger partial charge in [-0.2, -0.15) is 0 Å². The number of ether oxygens (including phenoxy) is 1. The molecule has 0 bridgehead atoms. The minimum absolute atomic E-state index is 0.518. The number of nitrogens with zero attached hydrogens (tertiary/aromatic N) is 4. The van der Waals surface area contributed by atoms with Gasteiger partial charge in [0.25, 0.3) is 0 Å². The van der Waals surface area contributed by atoms with Gasteiger partial charge in [-0.25, -0.2) is 4.99 Å². The zero-order valence-electron chi connectivity index (χ0n) is 15.8. The van der Waals surface area contributed by atoms with Crippen LogP contribution in [0.5, 0.6) is 5.75 Å². The number of nitrogens with one attached hydrogen (secondary N) is 2. The lowest BCUT2D eigenvalue weighted by Gasteiger charge is -2.12. The second-order valence-electron chi connectivity index (χ2n) is 6.02. The number of furan rings is 1. The van der Waals surface area contributed by atoms with Crippen molar-refractivity contribution in [1.82, 2.24) is 25.4 Å². The number of rotatable bonds is 7. The Morgan fingerprint density at radius 1 is 1.15 bits per heavy atom. The summed E-state index contributed by atoms with van der Waals surface area (Å²) in [5.74, 6) is 4.04. The van der Waals surface area contributed by atoms with Crippen LogP contribution >= 0.6 is 0 Å². The monoisotopic (exact) mass is 368 g/mol. The smallest absolute Gasteiger partial charge is 0.192 e. The summed E-state index contributed by atoms with van der Waals surface area (Å²) in [5, 5.41) is 14.8. The quantitative estimate of drug-likeness (QED) is 0.491. The van der Waals surface area contributed by atoms with Gasteiger partial charge >= 0.3 is 0 Å². The Morgan fingerprint density at radius 2 is 1.93 bits per heavy atom. The maximum atomic E-state index is 5.37. The van der Waals surface area contributed by atoms with E-state index in [1.54, 1.807) is 13.4 Å². The van der Waals surface area contributed by atoms with Crippen molar-refractivity contribution in [2.24, 2.45) is 12.0 Å². The van der Waals surface area contributed by atoms with Gasteiger partial charge in [-0.15, -0.1) is 10.2 Å². The summed E-state index contributed by atoms with van der Waals surface area (Å²) in [4.78, 5) is 4.65. The molecule has 2 aromatic heterocycles. The van der Waals surface area contributed by atoms with E-state index in [2.05, 4.69) is 25.8 Å². The van der Waals surface area contributed by atoms with Crippen LogP contribution in [0.3, 0.4) is 0 Å². The van der Waals surface area contributed by atoms with E-state index in [0.717, 1.165) is 28.7 Å². The van der Waals surface area contributed by atoms with Gasteiger partial charge in [0.05, 0.1) is 33.0 Å². The summed E-state index contributed by atoms with van der Waals surface area (Å²) in [6.07, 6.45) is 1.65. The fourth-order valence-electron chi connectivity index (χ4n) is 2.43. The molecular weight excluding hydrogens is 344 g/mol. The number of benzene rings is 1. The zero-order valence-corrected chi connectivity index (χ0v) is 15.8. The van der Waals surface area contributed by atoms with E-state index in [9.17, 15) is 0 Å². The van der Waals surface area contributed by atoms with Crippen molar-refractivity contribution < 1.29 is 9.15 Å². The third kappa shape index (κ3) is 5.10. The van der Waals surface area contributed by atoms with Gasteiger partial charge in [0.2, 0.25) is 0 Å². The topological polar surface area (TPSA) is 89.5 Å². The zero-order chi connectivity index (χ0) is 19.1. The van der Waals surface area contributed by atoms with Crippen LogP contribution in [0.25, 0.3) is 0 Å². The van der Waals surface area contributed by atoms with E-state index in [0.29, 0.717) is 25.6 Å². The van der Waals surface area contributed by atoms with E-state index in [-0.39, 0.29) is 0 Å². The largest absolute Gasteiger partial charge is 0.497 e. The second kappa shape index (κ2) is 8.88. The molecular formula is C19H24N6O2. The number of hydrogen-bond donors (Lipinski definition) is 2. The van der Waals surface area contributed by atoms with E-state index in [4.69, 9.17) is 9.15 Å². The lowest BCUT2D eigenvalue weighted by Crippen LogP contribution is -2.37. The Hall–Kier alpha value is -3.29. The van der Waals surface area contributed by atoms with E-state index >= 15 is 0 Å². The summed E-state index contributed by atoms with van der Waals surface area (Å²) >= 11 is 0. The minimum atomic E-state index is 0.518. The van der Waals surface area contributed by atoms with E-state index < -0.39 is 0 Å². The van der Waals surface area contributed by atoms with Crippen molar-refractivity contribution in [2.75, 3.05) is 7.11 Å². The maximum absolute atomic E-state index is 5.37. The molecule has 0 aliphatic heterocycles. The molecule has 2 heterocycles. The first-order valence-electron chi connectivity index (χ1n) is 8.68. The number of aliphatic imine (C=N–C) groups is 1. The van der Waals surface area contributed by atoms with Gasteiger partial charge < -0.3 is 24.4 Å². The summed E-state index contributed by atoms with van der Waals surface area (Å²) in [5.41, 5.74) is 1.09. The van der Waals surface area contributed by atoms with Crippen molar-refractivity contribution in [1.29, 1.82) is 0 Å². The third-order valence-electron chi connectivity index (χ3n) is 4.19. The minimum Gasteiger partial charge on any atom is -0.497 e. The van der Waals surface area contributed by atoms with Gasteiger partial charge in [-0.1, -0.05) is 12.1 Å². The lowest BCUT2D eigenvalue weighted by molar-refractivity contribution is 0.414. The van der Waals surface area contributed by atoms with Crippen LogP contribution in [0.2, 0.25) is 0 Å². The molecule has 0 aliphatic carbocycles.